The molecule has 144 valence electrons. The SMILES string of the molecule is CCNC(=NCCc1nc(C)no1)NCCc1cc(C)ccc1OC.I. The number of methoxy groups -OCH3 is 1. The zero-order valence-electron chi connectivity index (χ0n) is 15.8. The van der Waals surface area contributed by atoms with Gasteiger partial charge in [-0.15, -0.1) is 24.0 Å². The Morgan fingerprint density at radius 3 is 2.69 bits per heavy atom. The number of aliphatic imine (C=N–C) groups is 1. The molecular weight excluding hydrogens is 445 g/mol. The number of guanidine groups is 1. The Balaban J connectivity index is 0.00000338. The summed E-state index contributed by atoms with van der Waals surface area (Å²) in [5.41, 5.74) is 2.42. The van der Waals surface area contributed by atoms with Gasteiger partial charge in [-0.3, -0.25) is 4.99 Å². The lowest BCUT2D eigenvalue weighted by molar-refractivity contribution is 0.376. The molecule has 0 saturated carbocycles. The van der Waals surface area contributed by atoms with Crippen molar-refractivity contribution in [1.82, 2.24) is 20.8 Å². The summed E-state index contributed by atoms with van der Waals surface area (Å²) in [5.74, 6) is 2.96. The molecule has 0 aliphatic carbocycles. The first kappa shape index (κ1) is 22.2. The number of hydrogen-bond donors (Lipinski definition) is 2. The Hall–Kier alpha value is -1.84. The lowest BCUT2D eigenvalue weighted by Gasteiger charge is -2.13. The fraction of sp³-hybridized carbons (Fsp3) is 0.500. The molecule has 0 aliphatic heterocycles. The topological polar surface area (TPSA) is 84.6 Å². The molecule has 0 saturated heterocycles. The highest BCUT2D eigenvalue weighted by Crippen LogP contribution is 2.19. The Bertz CT molecular complexity index is 703. The Morgan fingerprint density at radius 2 is 2.04 bits per heavy atom. The Kier molecular flexibility index (Phi) is 10.0. The van der Waals surface area contributed by atoms with Crippen molar-refractivity contribution in [3.8, 4) is 5.75 Å². The van der Waals surface area contributed by atoms with Crippen LogP contribution in [0.4, 0.5) is 0 Å². The number of aromatic nitrogens is 2. The number of nitrogens with one attached hydrogen (secondary N) is 2. The molecule has 0 bridgehead atoms. The number of benzene rings is 1. The van der Waals surface area contributed by atoms with Crippen molar-refractivity contribution in [1.29, 1.82) is 0 Å². The highest BCUT2D eigenvalue weighted by Gasteiger charge is 2.05. The highest BCUT2D eigenvalue weighted by molar-refractivity contribution is 14.0. The third kappa shape index (κ3) is 7.19. The van der Waals surface area contributed by atoms with Gasteiger partial charge in [0.1, 0.15) is 5.75 Å². The summed E-state index contributed by atoms with van der Waals surface area (Å²) in [6.45, 7) is 8.10. The van der Waals surface area contributed by atoms with E-state index in [0.717, 1.165) is 31.2 Å². The van der Waals surface area contributed by atoms with E-state index in [-0.39, 0.29) is 24.0 Å². The van der Waals surface area contributed by atoms with Gasteiger partial charge in [0.15, 0.2) is 11.8 Å². The maximum Gasteiger partial charge on any atom is 0.228 e. The highest BCUT2D eigenvalue weighted by atomic mass is 127. The van der Waals surface area contributed by atoms with Crippen LogP contribution >= 0.6 is 24.0 Å². The fourth-order valence-corrected chi connectivity index (χ4v) is 2.46. The van der Waals surface area contributed by atoms with Gasteiger partial charge in [0.2, 0.25) is 5.89 Å². The maximum absolute atomic E-state index is 5.42. The van der Waals surface area contributed by atoms with Crippen molar-refractivity contribution < 1.29 is 9.26 Å². The number of aryl methyl sites for hydroxylation is 2. The van der Waals surface area contributed by atoms with Gasteiger partial charge >= 0.3 is 0 Å². The van der Waals surface area contributed by atoms with E-state index in [1.54, 1.807) is 7.11 Å². The van der Waals surface area contributed by atoms with E-state index in [1.807, 2.05) is 19.9 Å². The molecule has 7 nitrogen and oxygen atoms in total. The minimum Gasteiger partial charge on any atom is -0.496 e. The van der Waals surface area contributed by atoms with Gasteiger partial charge in [-0.1, -0.05) is 22.9 Å². The fourth-order valence-electron chi connectivity index (χ4n) is 2.46. The van der Waals surface area contributed by atoms with E-state index in [1.165, 1.54) is 11.1 Å². The predicted octanol–water partition coefficient (Wildman–Crippen LogP) is 2.65. The van der Waals surface area contributed by atoms with Gasteiger partial charge < -0.3 is 19.9 Å². The van der Waals surface area contributed by atoms with E-state index in [0.29, 0.717) is 24.7 Å². The van der Waals surface area contributed by atoms with Gasteiger partial charge in [-0.25, -0.2) is 0 Å². The molecule has 26 heavy (non-hydrogen) atoms. The van der Waals surface area contributed by atoms with Crippen LogP contribution in [0.1, 0.15) is 29.8 Å². The second-order valence-corrected chi connectivity index (χ2v) is 5.74. The molecule has 8 heteroatoms. The Morgan fingerprint density at radius 1 is 1.23 bits per heavy atom. The number of ether oxygens (including phenoxy) is 1. The molecular formula is C18H28IN5O2. The first-order valence-electron chi connectivity index (χ1n) is 8.57. The van der Waals surface area contributed by atoms with Crippen LogP contribution in [0.25, 0.3) is 0 Å². The monoisotopic (exact) mass is 473 g/mol. The van der Waals surface area contributed by atoms with E-state index in [2.05, 4.69) is 44.8 Å². The summed E-state index contributed by atoms with van der Waals surface area (Å²) in [4.78, 5) is 8.73. The molecule has 0 fully saturated rings. The van der Waals surface area contributed by atoms with Crippen LogP contribution in [0.15, 0.2) is 27.7 Å². The summed E-state index contributed by atoms with van der Waals surface area (Å²) < 4.78 is 10.5. The van der Waals surface area contributed by atoms with Crippen LogP contribution in [0.5, 0.6) is 5.75 Å². The second kappa shape index (κ2) is 11.7. The molecule has 2 aromatic rings. The molecule has 1 aromatic carbocycles. The minimum absolute atomic E-state index is 0. The third-order valence-corrected chi connectivity index (χ3v) is 3.63. The molecule has 0 amide bonds. The molecule has 0 atom stereocenters. The van der Waals surface area contributed by atoms with Crippen LogP contribution in [-0.2, 0) is 12.8 Å². The van der Waals surface area contributed by atoms with Crippen LogP contribution in [0.3, 0.4) is 0 Å². The number of rotatable bonds is 8. The normalized spacial score (nSPS) is 11.0. The lowest BCUT2D eigenvalue weighted by Crippen LogP contribution is -2.38. The minimum atomic E-state index is 0. The number of nitrogens with zero attached hydrogens (tertiary/aromatic N) is 3. The molecule has 1 aromatic heterocycles. The summed E-state index contributed by atoms with van der Waals surface area (Å²) >= 11 is 0. The zero-order chi connectivity index (χ0) is 18.1. The van der Waals surface area contributed by atoms with Gasteiger partial charge in [0, 0.05) is 19.5 Å². The van der Waals surface area contributed by atoms with Crippen molar-refractivity contribution in [2.24, 2.45) is 4.99 Å². The average molecular weight is 473 g/mol. The standard InChI is InChI=1S/C18H27N5O2.HI/c1-5-19-18(21-11-9-17-22-14(3)23-25-17)20-10-8-15-12-13(2)6-7-16(15)24-4;/h6-7,12H,5,8-11H2,1-4H3,(H2,19,20,21);1H. The molecule has 0 spiro atoms. The van der Waals surface area contributed by atoms with Gasteiger partial charge in [-0.2, -0.15) is 4.98 Å². The Labute approximate surface area is 172 Å². The van der Waals surface area contributed by atoms with Gasteiger partial charge in [0.25, 0.3) is 0 Å². The van der Waals surface area contributed by atoms with Crippen molar-refractivity contribution in [2.45, 2.75) is 33.6 Å². The van der Waals surface area contributed by atoms with E-state index >= 15 is 0 Å². The van der Waals surface area contributed by atoms with E-state index in [9.17, 15) is 0 Å². The summed E-state index contributed by atoms with van der Waals surface area (Å²) in [7, 11) is 1.70. The first-order valence-corrected chi connectivity index (χ1v) is 8.57. The van der Waals surface area contributed by atoms with E-state index in [4.69, 9.17) is 9.26 Å². The average Bonchev–Trinajstić information content (AvgIpc) is 3.00. The summed E-state index contributed by atoms with van der Waals surface area (Å²) in [5, 5.41) is 10.4. The predicted molar refractivity (Wildman–Crippen MR) is 114 cm³/mol. The molecule has 0 radical (unpaired) electrons. The van der Waals surface area contributed by atoms with Gasteiger partial charge in [0.05, 0.1) is 13.7 Å². The molecule has 2 rings (SSSR count). The zero-order valence-corrected chi connectivity index (χ0v) is 18.2. The van der Waals surface area contributed by atoms with Crippen molar-refractivity contribution in [3.63, 3.8) is 0 Å². The molecule has 2 N–H and O–H groups in total. The molecule has 1 heterocycles. The number of hydrogen-bond acceptors (Lipinski definition) is 5. The van der Waals surface area contributed by atoms with Gasteiger partial charge in [-0.05, 0) is 38.8 Å². The van der Waals surface area contributed by atoms with Crippen molar-refractivity contribution in [3.05, 3.63) is 41.0 Å². The lowest BCUT2D eigenvalue weighted by atomic mass is 10.1. The van der Waals surface area contributed by atoms with Crippen LogP contribution < -0.4 is 15.4 Å². The second-order valence-electron chi connectivity index (χ2n) is 5.74. The van der Waals surface area contributed by atoms with Crippen LogP contribution in [-0.4, -0.2) is 42.8 Å². The maximum atomic E-state index is 5.42. The molecule has 0 aliphatic rings. The smallest absolute Gasteiger partial charge is 0.228 e. The summed E-state index contributed by atoms with van der Waals surface area (Å²) in [6, 6.07) is 6.22. The van der Waals surface area contributed by atoms with Crippen molar-refractivity contribution >= 4 is 29.9 Å². The number of halogens is 1. The quantitative estimate of drug-likeness (QED) is 0.349. The summed E-state index contributed by atoms with van der Waals surface area (Å²) in [6.07, 6.45) is 1.49. The van der Waals surface area contributed by atoms with Crippen LogP contribution in [0.2, 0.25) is 0 Å². The molecule has 0 unspecified atom stereocenters. The largest absolute Gasteiger partial charge is 0.496 e. The van der Waals surface area contributed by atoms with Crippen molar-refractivity contribution in [2.75, 3.05) is 26.7 Å². The van der Waals surface area contributed by atoms with E-state index < -0.39 is 0 Å². The third-order valence-electron chi connectivity index (χ3n) is 3.63. The first-order chi connectivity index (χ1) is 12.1. The van der Waals surface area contributed by atoms with Crippen LogP contribution in [0, 0.1) is 13.8 Å².